The summed E-state index contributed by atoms with van der Waals surface area (Å²) in [6, 6.07) is 2.16. The number of alkyl halides is 3. The van der Waals surface area contributed by atoms with Crippen molar-refractivity contribution >= 4 is 11.9 Å². The van der Waals surface area contributed by atoms with E-state index in [-0.39, 0.29) is 30.1 Å². The minimum atomic E-state index is -4.92. The summed E-state index contributed by atoms with van der Waals surface area (Å²) in [5.41, 5.74) is 0.0153. The van der Waals surface area contributed by atoms with Crippen LogP contribution in [0.4, 0.5) is 22.4 Å². The van der Waals surface area contributed by atoms with Crippen LogP contribution in [0.1, 0.15) is 31.2 Å². The van der Waals surface area contributed by atoms with E-state index in [1.165, 1.54) is 4.90 Å². The number of hydrogen-bond donors (Lipinski definition) is 2. The van der Waals surface area contributed by atoms with Gasteiger partial charge in [-0.25, -0.2) is 9.18 Å². The lowest BCUT2D eigenvalue weighted by Gasteiger charge is -2.39. The minimum Gasteiger partial charge on any atom is -0.406 e. The van der Waals surface area contributed by atoms with E-state index in [2.05, 4.69) is 10.1 Å². The largest absolute Gasteiger partial charge is 0.573 e. The number of rotatable bonds is 6. The van der Waals surface area contributed by atoms with E-state index < -0.39 is 30.6 Å². The molecule has 1 aliphatic heterocycles. The van der Waals surface area contributed by atoms with Gasteiger partial charge in [-0.05, 0) is 31.7 Å². The molecule has 1 heterocycles. The van der Waals surface area contributed by atoms with Crippen molar-refractivity contribution in [2.45, 2.75) is 50.7 Å². The maximum absolute atomic E-state index is 14.0. The van der Waals surface area contributed by atoms with Crippen LogP contribution in [0.5, 0.6) is 5.75 Å². The van der Waals surface area contributed by atoms with Crippen LogP contribution in [0.25, 0.3) is 0 Å². The number of nitrogens with one attached hydrogen (secondary N) is 1. The number of aliphatic hydroxyl groups is 1. The third-order valence-corrected chi connectivity index (χ3v) is 5.13. The van der Waals surface area contributed by atoms with Crippen LogP contribution in [0.2, 0.25) is 0 Å². The van der Waals surface area contributed by atoms with Crippen LogP contribution in [-0.4, -0.2) is 65.0 Å². The van der Waals surface area contributed by atoms with Gasteiger partial charge in [0.15, 0.2) is 0 Å². The Morgan fingerprint density at radius 1 is 1.23 bits per heavy atom. The van der Waals surface area contributed by atoms with E-state index in [1.807, 2.05) is 0 Å². The van der Waals surface area contributed by atoms with Crippen molar-refractivity contribution in [1.82, 2.24) is 15.1 Å². The van der Waals surface area contributed by atoms with Crippen molar-refractivity contribution in [2.75, 3.05) is 19.7 Å². The van der Waals surface area contributed by atoms with Gasteiger partial charge in [0, 0.05) is 43.3 Å². The number of likely N-dealkylation sites (tertiary alicyclic amines) is 1. The zero-order valence-electron chi connectivity index (χ0n) is 16.1. The molecule has 2 N–H and O–H groups in total. The number of ether oxygens (including phenoxy) is 1. The molecule has 7 nitrogen and oxygen atoms in total. The Bertz CT molecular complexity index is 786. The van der Waals surface area contributed by atoms with Gasteiger partial charge < -0.3 is 25.0 Å². The van der Waals surface area contributed by atoms with Crippen molar-refractivity contribution in [3.05, 3.63) is 29.6 Å². The SMILES string of the molecule is O=C(NCc1ccc(OC(F)(F)F)cc1F)N1CCC[C@@H](N(C(=O)CO)C2CC2)C1. The Balaban J connectivity index is 1.56. The summed E-state index contributed by atoms with van der Waals surface area (Å²) in [5.74, 6) is -1.96. The molecule has 1 aromatic rings. The molecule has 0 aromatic heterocycles. The Morgan fingerprint density at radius 3 is 2.57 bits per heavy atom. The molecule has 3 amide bonds. The van der Waals surface area contributed by atoms with E-state index >= 15 is 0 Å². The quantitative estimate of drug-likeness (QED) is 0.675. The van der Waals surface area contributed by atoms with Crippen LogP contribution in [0.15, 0.2) is 18.2 Å². The highest BCUT2D eigenvalue weighted by Gasteiger charge is 2.39. The lowest BCUT2D eigenvalue weighted by atomic mass is 10.0. The molecule has 1 atom stereocenters. The average molecular weight is 433 g/mol. The van der Waals surface area contributed by atoms with Gasteiger partial charge in [0.25, 0.3) is 0 Å². The lowest BCUT2D eigenvalue weighted by molar-refractivity contribution is -0.274. The van der Waals surface area contributed by atoms with Crippen LogP contribution in [0.3, 0.4) is 0 Å². The van der Waals surface area contributed by atoms with Gasteiger partial charge >= 0.3 is 12.4 Å². The smallest absolute Gasteiger partial charge is 0.406 e. The number of halogens is 4. The molecule has 2 fully saturated rings. The molecule has 0 spiro atoms. The monoisotopic (exact) mass is 433 g/mol. The van der Waals surface area contributed by atoms with Crippen LogP contribution in [0, 0.1) is 5.82 Å². The molecule has 1 aliphatic carbocycles. The first-order chi connectivity index (χ1) is 14.2. The number of carbonyl (C=O) groups is 2. The van der Waals surface area contributed by atoms with Crippen LogP contribution < -0.4 is 10.1 Å². The van der Waals surface area contributed by atoms with E-state index in [9.17, 15) is 32.3 Å². The molecule has 166 valence electrons. The Labute approximate surface area is 170 Å². The Morgan fingerprint density at radius 2 is 1.97 bits per heavy atom. The van der Waals surface area contributed by atoms with Gasteiger partial charge in [-0.2, -0.15) is 0 Å². The molecule has 11 heteroatoms. The van der Waals surface area contributed by atoms with Gasteiger partial charge in [-0.3, -0.25) is 4.79 Å². The highest BCUT2D eigenvalue weighted by molar-refractivity contribution is 5.78. The molecule has 1 aromatic carbocycles. The molecule has 0 radical (unpaired) electrons. The Kier molecular flexibility index (Phi) is 6.69. The third kappa shape index (κ3) is 5.74. The lowest BCUT2D eigenvalue weighted by Crippen LogP contribution is -2.54. The van der Waals surface area contributed by atoms with Gasteiger partial charge in [0.1, 0.15) is 18.2 Å². The van der Waals surface area contributed by atoms with E-state index in [0.717, 1.165) is 31.4 Å². The summed E-state index contributed by atoms with van der Waals surface area (Å²) in [6.45, 7) is -0.0174. The topological polar surface area (TPSA) is 82.1 Å². The number of piperidine rings is 1. The summed E-state index contributed by atoms with van der Waals surface area (Å²) in [4.78, 5) is 27.7. The molecule has 1 saturated carbocycles. The maximum Gasteiger partial charge on any atom is 0.573 e. The minimum absolute atomic E-state index is 0.0153. The van der Waals surface area contributed by atoms with Crippen molar-refractivity contribution < 1.29 is 37.0 Å². The normalized spacial score (nSPS) is 19.4. The second-order valence-corrected chi connectivity index (χ2v) is 7.39. The molecule has 0 unspecified atom stereocenters. The first-order valence-corrected chi connectivity index (χ1v) is 9.67. The summed E-state index contributed by atoms with van der Waals surface area (Å²) in [6.07, 6.45) is -1.76. The van der Waals surface area contributed by atoms with Crippen LogP contribution in [-0.2, 0) is 11.3 Å². The highest BCUT2D eigenvalue weighted by atomic mass is 19.4. The number of benzene rings is 1. The van der Waals surface area contributed by atoms with Crippen molar-refractivity contribution in [3.8, 4) is 5.75 Å². The highest BCUT2D eigenvalue weighted by Crippen LogP contribution is 2.31. The van der Waals surface area contributed by atoms with Crippen molar-refractivity contribution in [1.29, 1.82) is 0 Å². The number of hydrogen-bond acceptors (Lipinski definition) is 4. The number of amides is 3. The zero-order chi connectivity index (χ0) is 21.9. The number of carbonyl (C=O) groups excluding carboxylic acids is 2. The first-order valence-electron chi connectivity index (χ1n) is 9.67. The molecule has 3 rings (SSSR count). The first kappa shape index (κ1) is 22.1. The fraction of sp³-hybridized carbons (Fsp3) is 0.579. The summed E-state index contributed by atoms with van der Waals surface area (Å²) >= 11 is 0. The summed E-state index contributed by atoms with van der Waals surface area (Å²) < 4.78 is 54.3. The van der Waals surface area contributed by atoms with Crippen molar-refractivity contribution in [2.24, 2.45) is 0 Å². The number of nitrogens with zero attached hydrogens (tertiary/aromatic N) is 2. The molecule has 2 aliphatic rings. The zero-order valence-corrected chi connectivity index (χ0v) is 16.1. The van der Waals surface area contributed by atoms with E-state index in [0.29, 0.717) is 25.6 Å². The van der Waals surface area contributed by atoms with E-state index in [1.54, 1.807) is 4.90 Å². The number of aliphatic hydroxyl groups excluding tert-OH is 1. The van der Waals surface area contributed by atoms with Gasteiger partial charge in [0.05, 0.1) is 0 Å². The second-order valence-electron chi connectivity index (χ2n) is 7.39. The molecule has 0 bridgehead atoms. The predicted molar refractivity (Wildman–Crippen MR) is 96.9 cm³/mol. The van der Waals surface area contributed by atoms with Gasteiger partial charge in [-0.1, -0.05) is 6.07 Å². The molecular formula is C19H23F4N3O4. The predicted octanol–water partition coefficient (Wildman–Crippen LogP) is 2.38. The second kappa shape index (κ2) is 9.07. The standard InChI is InChI=1S/C19H23F4N3O4/c20-16-8-15(30-19(21,22)23)6-3-12(16)9-24-18(29)25-7-1-2-14(10-25)26(13-4-5-13)17(28)11-27/h3,6,8,13-14,27H,1-2,4-5,7,9-11H2,(H,24,29)/t14-/m1/s1. The fourth-order valence-corrected chi connectivity index (χ4v) is 3.66. The summed E-state index contributed by atoms with van der Waals surface area (Å²) in [5, 5.41) is 11.8. The van der Waals surface area contributed by atoms with Crippen LogP contribution >= 0.6 is 0 Å². The van der Waals surface area contributed by atoms with Gasteiger partial charge in [-0.15, -0.1) is 13.2 Å². The fourth-order valence-electron chi connectivity index (χ4n) is 3.66. The van der Waals surface area contributed by atoms with Crippen molar-refractivity contribution in [3.63, 3.8) is 0 Å². The number of urea groups is 1. The average Bonchev–Trinajstić information content (AvgIpc) is 3.51. The summed E-state index contributed by atoms with van der Waals surface area (Å²) in [7, 11) is 0. The van der Waals surface area contributed by atoms with E-state index in [4.69, 9.17) is 0 Å². The Hall–Kier alpha value is -2.56. The molecule has 1 saturated heterocycles. The molecular weight excluding hydrogens is 410 g/mol. The molecule has 30 heavy (non-hydrogen) atoms. The third-order valence-electron chi connectivity index (χ3n) is 5.13. The van der Waals surface area contributed by atoms with Gasteiger partial charge in [0.2, 0.25) is 5.91 Å². The maximum atomic E-state index is 14.0.